The third kappa shape index (κ3) is 2.31. The number of aromatic nitrogens is 1. The van der Waals surface area contributed by atoms with Gasteiger partial charge in [0.25, 0.3) is 0 Å². The minimum absolute atomic E-state index is 0.121. The first-order chi connectivity index (χ1) is 9.54. The molecule has 0 radical (unpaired) electrons. The number of fused-ring (bicyclic) bond motifs is 1. The van der Waals surface area contributed by atoms with Crippen LogP contribution in [0, 0.1) is 6.92 Å². The Kier molecular flexibility index (Phi) is 3.26. The zero-order valence-corrected chi connectivity index (χ0v) is 12.2. The van der Waals surface area contributed by atoms with Crippen LogP contribution in [0.25, 0.3) is 10.9 Å². The number of likely N-dealkylation sites (N-methyl/N-ethyl adjacent to an activating group) is 1. The maximum absolute atomic E-state index is 11.9. The Bertz CT molecular complexity index is 686. The van der Waals surface area contributed by atoms with Gasteiger partial charge in [0, 0.05) is 24.0 Å². The Morgan fingerprint density at radius 1 is 1.40 bits per heavy atom. The first-order valence-corrected chi connectivity index (χ1v) is 7.01. The highest BCUT2D eigenvalue weighted by molar-refractivity contribution is 6.31. The molecule has 0 bridgehead atoms. The van der Waals surface area contributed by atoms with Gasteiger partial charge in [-0.1, -0.05) is 17.7 Å². The van der Waals surface area contributed by atoms with Crippen LogP contribution in [0.2, 0.25) is 5.02 Å². The van der Waals surface area contributed by atoms with Gasteiger partial charge < -0.3 is 10.2 Å². The molecule has 1 aromatic carbocycles. The van der Waals surface area contributed by atoms with Gasteiger partial charge in [0.15, 0.2) is 0 Å². The fourth-order valence-corrected chi connectivity index (χ4v) is 2.75. The molecule has 1 fully saturated rings. The molecular formula is C15H16ClN3O. The summed E-state index contributed by atoms with van der Waals surface area (Å²) in [6.45, 7) is 2.82. The summed E-state index contributed by atoms with van der Waals surface area (Å²) in [5.74, 6) is 0.849. The lowest BCUT2D eigenvalue weighted by molar-refractivity contribution is -0.127. The van der Waals surface area contributed by atoms with Gasteiger partial charge >= 0.3 is 0 Å². The molecule has 0 aliphatic carbocycles. The number of pyridine rings is 1. The van der Waals surface area contributed by atoms with Crippen molar-refractivity contribution in [2.75, 3.05) is 18.9 Å². The third-order valence-corrected chi connectivity index (χ3v) is 3.96. The van der Waals surface area contributed by atoms with E-state index < -0.39 is 0 Å². The van der Waals surface area contributed by atoms with Crippen molar-refractivity contribution in [2.45, 2.75) is 19.4 Å². The molecule has 20 heavy (non-hydrogen) atoms. The number of hydrogen-bond donors (Lipinski definition) is 1. The fraction of sp³-hybridized carbons (Fsp3) is 0.333. The van der Waals surface area contributed by atoms with E-state index in [4.69, 9.17) is 11.6 Å². The Labute approximate surface area is 122 Å². The van der Waals surface area contributed by atoms with Crippen LogP contribution in [-0.4, -0.2) is 35.4 Å². The van der Waals surface area contributed by atoms with Gasteiger partial charge in [-0.2, -0.15) is 0 Å². The molecule has 0 unspecified atom stereocenters. The zero-order chi connectivity index (χ0) is 14.3. The molecule has 1 amide bonds. The highest BCUT2D eigenvalue weighted by Crippen LogP contribution is 2.24. The Morgan fingerprint density at radius 3 is 2.90 bits per heavy atom. The van der Waals surface area contributed by atoms with Crippen molar-refractivity contribution in [1.82, 2.24) is 9.88 Å². The lowest BCUT2D eigenvalue weighted by Crippen LogP contribution is -2.31. The fourth-order valence-electron chi connectivity index (χ4n) is 2.58. The normalized spacial score (nSPS) is 18.9. The molecule has 1 N–H and O–H groups in total. The first kappa shape index (κ1) is 13.2. The van der Waals surface area contributed by atoms with Crippen LogP contribution in [0.4, 0.5) is 5.82 Å². The van der Waals surface area contributed by atoms with E-state index in [2.05, 4.69) is 10.3 Å². The molecule has 1 atom stereocenters. The number of likely N-dealkylation sites (tertiary alicyclic amines) is 1. The van der Waals surface area contributed by atoms with Crippen LogP contribution in [-0.2, 0) is 4.79 Å². The van der Waals surface area contributed by atoms with Crippen LogP contribution in [0.5, 0.6) is 0 Å². The van der Waals surface area contributed by atoms with Crippen molar-refractivity contribution in [2.24, 2.45) is 0 Å². The van der Waals surface area contributed by atoms with Gasteiger partial charge in [0.05, 0.1) is 5.52 Å². The summed E-state index contributed by atoms with van der Waals surface area (Å²) < 4.78 is 0. The van der Waals surface area contributed by atoms with Gasteiger partial charge in [0.1, 0.15) is 11.9 Å². The van der Waals surface area contributed by atoms with Gasteiger partial charge in [-0.3, -0.25) is 4.79 Å². The van der Waals surface area contributed by atoms with Crippen LogP contribution in [0.1, 0.15) is 12.0 Å². The number of amides is 1. The topological polar surface area (TPSA) is 45.2 Å². The van der Waals surface area contributed by atoms with E-state index in [-0.39, 0.29) is 11.9 Å². The highest BCUT2D eigenvalue weighted by Gasteiger charge is 2.29. The van der Waals surface area contributed by atoms with Crippen molar-refractivity contribution in [3.8, 4) is 0 Å². The molecule has 104 valence electrons. The van der Waals surface area contributed by atoms with Crippen molar-refractivity contribution in [1.29, 1.82) is 0 Å². The largest absolute Gasteiger partial charge is 0.358 e. The molecule has 1 saturated heterocycles. The monoisotopic (exact) mass is 289 g/mol. The molecule has 4 nitrogen and oxygen atoms in total. The average Bonchev–Trinajstić information content (AvgIpc) is 2.70. The molecule has 0 spiro atoms. The summed E-state index contributed by atoms with van der Waals surface area (Å²) in [5.41, 5.74) is 1.96. The Hall–Kier alpha value is -1.81. The second-order valence-electron chi connectivity index (χ2n) is 5.23. The number of hydrogen-bond acceptors (Lipinski definition) is 3. The number of aryl methyl sites for hydroxylation is 1. The standard InChI is InChI=1S/C15H16ClN3O/c1-9-7-14(17-12-5-6-19(2)15(12)20)18-13-8-10(16)3-4-11(9)13/h3-4,7-8,12H,5-6H2,1-2H3,(H,17,18)/t12-/m1/s1. The van der Waals surface area contributed by atoms with Gasteiger partial charge in [0.2, 0.25) is 5.91 Å². The van der Waals surface area contributed by atoms with E-state index in [9.17, 15) is 4.79 Å². The lowest BCUT2D eigenvalue weighted by atomic mass is 10.1. The summed E-state index contributed by atoms with van der Waals surface area (Å²) >= 11 is 6.01. The SMILES string of the molecule is Cc1cc(N[C@@H]2CCN(C)C2=O)nc2cc(Cl)ccc12. The maximum Gasteiger partial charge on any atom is 0.244 e. The quantitative estimate of drug-likeness (QED) is 0.925. The average molecular weight is 290 g/mol. The van der Waals surface area contributed by atoms with E-state index in [1.165, 1.54) is 0 Å². The second-order valence-corrected chi connectivity index (χ2v) is 5.67. The van der Waals surface area contributed by atoms with E-state index in [0.29, 0.717) is 5.02 Å². The molecular weight excluding hydrogens is 274 g/mol. The number of halogens is 1. The van der Waals surface area contributed by atoms with Gasteiger partial charge in [-0.15, -0.1) is 0 Å². The van der Waals surface area contributed by atoms with E-state index >= 15 is 0 Å². The Morgan fingerprint density at radius 2 is 2.20 bits per heavy atom. The minimum atomic E-state index is -0.177. The van der Waals surface area contributed by atoms with Crippen molar-refractivity contribution >= 4 is 34.2 Å². The summed E-state index contributed by atoms with van der Waals surface area (Å²) in [7, 11) is 1.82. The summed E-state index contributed by atoms with van der Waals surface area (Å²) in [4.78, 5) is 18.2. The van der Waals surface area contributed by atoms with E-state index in [0.717, 1.165) is 35.2 Å². The zero-order valence-electron chi connectivity index (χ0n) is 11.5. The molecule has 1 aromatic heterocycles. The lowest BCUT2D eigenvalue weighted by Gasteiger charge is -2.14. The number of rotatable bonds is 2. The Balaban J connectivity index is 1.94. The predicted octanol–water partition coefficient (Wildman–Crippen LogP) is 2.84. The van der Waals surface area contributed by atoms with Crippen LogP contribution < -0.4 is 5.32 Å². The number of anilines is 1. The van der Waals surface area contributed by atoms with E-state index in [1.807, 2.05) is 38.2 Å². The van der Waals surface area contributed by atoms with Crippen molar-refractivity contribution < 1.29 is 4.79 Å². The molecule has 3 rings (SSSR count). The number of benzene rings is 1. The molecule has 5 heteroatoms. The highest BCUT2D eigenvalue weighted by atomic mass is 35.5. The maximum atomic E-state index is 11.9. The summed E-state index contributed by atoms with van der Waals surface area (Å²) in [6.07, 6.45) is 0.809. The number of nitrogens with zero attached hydrogens (tertiary/aromatic N) is 2. The summed E-state index contributed by atoms with van der Waals surface area (Å²) in [6, 6.07) is 7.47. The second kappa shape index (κ2) is 4.94. The third-order valence-electron chi connectivity index (χ3n) is 3.73. The van der Waals surface area contributed by atoms with Gasteiger partial charge in [-0.05, 0) is 37.1 Å². The predicted molar refractivity (Wildman–Crippen MR) is 81.2 cm³/mol. The number of carbonyl (C=O) groups is 1. The van der Waals surface area contributed by atoms with E-state index in [1.54, 1.807) is 4.90 Å². The van der Waals surface area contributed by atoms with Crippen molar-refractivity contribution in [3.63, 3.8) is 0 Å². The molecule has 1 aliphatic rings. The summed E-state index contributed by atoms with van der Waals surface area (Å²) in [5, 5.41) is 4.97. The van der Waals surface area contributed by atoms with Crippen LogP contribution in [0.15, 0.2) is 24.3 Å². The molecule has 2 heterocycles. The smallest absolute Gasteiger partial charge is 0.244 e. The molecule has 1 aliphatic heterocycles. The number of nitrogens with one attached hydrogen (secondary N) is 1. The minimum Gasteiger partial charge on any atom is -0.358 e. The molecule has 0 saturated carbocycles. The van der Waals surface area contributed by atoms with Crippen LogP contribution in [0.3, 0.4) is 0 Å². The van der Waals surface area contributed by atoms with Gasteiger partial charge in [-0.25, -0.2) is 4.98 Å². The first-order valence-electron chi connectivity index (χ1n) is 6.63. The van der Waals surface area contributed by atoms with Crippen molar-refractivity contribution in [3.05, 3.63) is 34.9 Å². The molecule has 2 aromatic rings. The number of carbonyl (C=O) groups excluding carboxylic acids is 1. The van der Waals surface area contributed by atoms with Crippen LogP contribution >= 0.6 is 11.6 Å².